The van der Waals surface area contributed by atoms with Crippen LogP contribution in [0.2, 0.25) is 0 Å². The number of hydrogen-bond donors (Lipinski definition) is 0. The molecule has 3 nitrogen and oxygen atoms in total. The van der Waals surface area contributed by atoms with Crippen LogP contribution in [-0.2, 0) is 13.5 Å². The number of aryl methyl sites for hydroxylation is 1. The van der Waals surface area contributed by atoms with Crippen molar-refractivity contribution in [3.8, 4) is 0 Å². The third kappa shape index (κ3) is 1.73. The molecular weight excluding hydrogens is 182 g/mol. The first-order valence-electron chi connectivity index (χ1n) is 4.86. The van der Waals surface area contributed by atoms with Gasteiger partial charge in [0.2, 0.25) is 0 Å². The van der Waals surface area contributed by atoms with Crippen molar-refractivity contribution in [1.29, 1.82) is 0 Å². The number of hydrogen-bond acceptors (Lipinski definition) is 3. The van der Waals surface area contributed by atoms with E-state index in [1.54, 1.807) is 0 Å². The molecular formula is C9H15N3S. The Hall–Kier alpha value is -0.510. The summed E-state index contributed by atoms with van der Waals surface area (Å²) in [7, 11) is 2.06. The molecule has 0 atom stereocenters. The lowest BCUT2D eigenvalue weighted by atomic mass is 10.0. The number of nitrogens with zero attached hydrogens (tertiary/aromatic N) is 3. The molecule has 0 bridgehead atoms. The van der Waals surface area contributed by atoms with Gasteiger partial charge in [0.1, 0.15) is 5.82 Å². The van der Waals surface area contributed by atoms with Gasteiger partial charge >= 0.3 is 0 Å². The van der Waals surface area contributed by atoms with E-state index in [4.69, 9.17) is 0 Å². The maximum absolute atomic E-state index is 4.18. The summed E-state index contributed by atoms with van der Waals surface area (Å²) in [5, 5.41) is 10.2. The van der Waals surface area contributed by atoms with Crippen molar-refractivity contribution in [3.05, 3.63) is 5.82 Å². The molecule has 0 aliphatic heterocycles. The van der Waals surface area contributed by atoms with E-state index in [0.717, 1.165) is 22.7 Å². The first-order valence-corrected chi connectivity index (χ1v) is 5.74. The largest absolute Gasteiger partial charge is 0.309 e. The lowest BCUT2D eigenvalue weighted by Crippen LogP contribution is -2.14. The zero-order chi connectivity index (χ0) is 9.26. The van der Waals surface area contributed by atoms with Gasteiger partial charge in [-0.15, -0.1) is 10.2 Å². The molecule has 1 fully saturated rings. The summed E-state index contributed by atoms with van der Waals surface area (Å²) in [4.78, 5) is 0. The Bertz CT molecular complexity index is 291. The van der Waals surface area contributed by atoms with Crippen LogP contribution in [0.1, 0.15) is 32.0 Å². The Morgan fingerprint density at radius 2 is 2.23 bits per heavy atom. The fraction of sp³-hybridized carbons (Fsp3) is 0.778. The van der Waals surface area contributed by atoms with E-state index >= 15 is 0 Å². The van der Waals surface area contributed by atoms with Crippen molar-refractivity contribution < 1.29 is 0 Å². The van der Waals surface area contributed by atoms with E-state index in [0.29, 0.717) is 0 Å². The van der Waals surface area contributed by atoms with Crippen molar-refractivity contribution >= 4 is 11.8 Å². The van der Waals surface area contributed by atoms with E-state index in [2.05, 4.69) is 28.7 Å². The van der Waals surface area contributed by atoms with Gasteiger partial charge in [0.15, 0.2) is 5.16 Å². The zero-order valence-electron chi connectivity index (χ0n) is 8.16. The van der Waals surface area contributed by atoms with Crippen LogP contribution in [0.5, 0.6) is 0 Å². The highest BCUT2D eigenvalue weighted by molar-refractivity contribution is 7.99. The minimum atomic E-state index is 0.799. The summed E-state index contributed by atoms with van der Waals surface area (Å²) in [5.74, 6) is 1.09. The summed E-state index contributed by atoms with van der Waals surface area (Å²) in [6.45, 7) is 2.11. The van der Waals surface area contributed by atoms with Crippen LogP contribution in [-0.4, -0.2) is 20.0 Å². The third-order valence-corrected chi connectivity index (χ3v) is 3.94. The SMILES string of the molecule is CCc1nnc(SC2CCC2)n1C. The summed E-state index contributed by atoms with van der Waals surface area (Å²) >= 11 is 1.88. The van der Waals surface area contributed by atoms with Gasteiger partial charge in [0.05, 0.1) is 0 Å². The second-order valence-corrected chi connectivity index (χ2v) is 4.75. The Morgan fingerprint density at radius 3 is 2.69 bits per heavy atom. The molecule has 0 saturated heterocycles. The average Bonchev–Trinajstić information content (AvgIpc) is 2.40. The molecule has 0 unspecified atom stereocenters. The predicted molar refractivity (Wildman–Crippen MR) is 53.9 cm³/mol. The van der Waals surface area contributed by atoms with Crippen LogP contribution in [0.4, 0.5) is 0 Å². The van der Waals surface area contributed by atoms with Crippen LogP contribution >= 0.6 is 11.8 Å². The average molecular weight is 197 g/mol. The number of thioether (sulfide) groups is 1. The molecule has 72 valence electrons. The minimum absolute atomic E-state index is 0.799. The highest BCUT2D eigenvalue weighted by Gasteiger charge is 2.21. The number of rotatable bonds is 3. The summed E-state index contributed by atoms with van der Waals surface area (Å²) in [6.07, 6.45) is 5.04. The molecule has 1 aliphatic rings. The first kappa shape index (κ1) is 9.06. The summed E-state index contributed by atoms with van der Waals surface area (Å²) in [6, 6.07) is 0. The lowest BCUT2D eigenvalue weighted by molar-refractivity contribution is 0.519. The predicted octanol–water partition coefficient (Wildman–Crippen LogP) is 2.02. The zero-order valence-corrected chi connectivity index (χ0v) is 8.97. The second kappa shape index (κ2) is 3.70. The fourth-order valence-electron chi connectivity index (χ4n) is 1.39. The first-order chi connectivity index (χ1) is 6.31. The van der Waals surface area contributed by atoms with Gasteiger partial charge < -0.3 is 4.57 Å². The summed E-state index contributed by atoms with van der Waals surface area (Å²) < 4.78 is 2.11. The van der Waals surface area contributed by atoms with Crippen LogP contribution in [0, 0.1) is 0 Å². The van der Waals surface area contributed by atoms with Gasteiger partial charge in [0.25, 0.3) is 0 Å². The molecule has 2 rings (SSSR count). The molecule has 1 heterocycles. The standard InChI is InChI=1S/C9H15N3S/c1-3-8-10-11-9(12(8)2)13-7-5-4-6-7/h7H,3-6H2,1-2H3. The van der Waals surface area contributed by atoms with Crippen molar-refractivity contribution in [2.45, 2.75) is 43.0 Å². The van der Waals surface area contributed by atoms with E-state index < -0.39 is 0 Å². The van der Waals surface area contributed by atoms with Crippen LogP contribution in [0.15, 0.2) is 5.16 Å². The van der Waals surface area contributed by atoms with E-state index in [1.165, 1.54) is 19.3 Å². The molecule has 0 N–H and O–H groups in total. The molecule has 0 spiro atoms. The molecule has 1 aromatic heterocycles. The smallest absolute Gasteiger partial charge is 0.191 e. The van der Waals surface area contributed by atoms with Crippen molar-refractivity contribution in [1.82, 2.24) is 14.8 Å². The fourth-order valence-corrected chi connectivity index (χ4v) is 2.61. The Balaban J connectivity index is 2.06. The third-order valence-electron chi connectivity index (χ3n) is 2.57. The lowest BCUT2D eigenvalue weighted by Gasteiger charge is -2.23. The quantitative estimate of drug-likeness (QED) is 0.742. The van der Waals surface area contributed by atoms with Gasteiger partial charge in [-0.05, 0) is 12.8 Å². The van der Waals surface area contributed by atoms with Gasteiger partial charge in [-0.25, -0.2) is 0 Å². The molecule has 0 radical (unpaired) electrons. The van der Waals surface area contributed by atoms with Crippen LogP contribution < -0.4 is 0 Å². The highest BCUT2D eigenvalue weighted by atomic mass is 32.2. The Morgan fingerprint density at radius 1 is 1.46 bits per heavy atom. The van der Waals surface area contributed by atoms with Gasteiger partial charge in [-0.1, -0.05) is 25.1 Å². The molecule has 1 aromatic rings. The Kier molecular flexibility index (Phi) is 2.58. The normalized spacial score (nSPS) is 17.4. The van der Waals surface area contributed by atoms with E-state index in [9.17, 15) is 0 Å². The minimum Gasteiger partial charge on any atom is -0.309 e. The molecule has 1 saturated carbocycles. The second-order valence-electron chi connectivity index (χ2n) is 3.48. The van der Waals surface area contributed by atoms with Gasteiger partial charge in [-0.2, -0.15) is 0 Å². The van der Waals surface area contributed by atoms with Gasteiger partial charge in [0, 0.05) is 18.7 Å². The molecule has 1 aliphatic carbocycles. The van der Waals surface area contributed by atoms with Gasteiger partial charge in [-0.3, -0.25) is 0 Å². The van der Waals surface area contributed by atoms with Crippen LogP contribution in [0.3, 0.4) is 0 Å². The van der Waals surface area contributed by atoms with Crippen molar-refractivity contribution in [2.75, 3.05) is 0 Å². The Labute approximate surface area is 82.9 Å². The highest BCUT2D eigenvalue weighted by Crippen LogP contribution is 2.35. The van der Waals surface area contributed by atoms with Crippen molar-refractivity contribution in [3.63, 3.8) is 0 Å². The maximum atomic E-state index is 4.18. The molecule has 4 heteroatoms. The van der Waals surface area contributed by atoms with E-state index in [1.807, 2.05) is 11.8 Å². The molecule has 0 aromatic carbocycles. The summed E-state index contributed by atoms with van der Waals surface area (Å²) in [5.41, 5.74) is 0. The van der Waals surface area contributed by atoms with Crippen molar-refractivity contribution in [2.24, 2.45) is 7.05 Å². The van der Waals surface area contributed by atoms with Crippen LogP contribution in [0.25, 0.3) is 0 Å². The molecule has 13 heavy (non-hydrogen) atoms. The number of aromatic nitrogens is 3. The monoisotopic (exact) mass is 197 g/mol. The maximum Gasteiger partial charge on any atom is 0.191 e. The topological polar surface area (TPSA) is 30.7 Å². The van der Waals surface area contributed by atoms with E-state index in [-0.39, 0.29) is 0 Å². The molecule has 0 amide bonds.